The Balaban J connectivity index is 1.42. The lowest BCUT2D eigenvalue weighted by molar-refractivity contribution is 1.22. The van der Waals surface area contributed by atoms with E-state index in [9.17, 15) is 0 Å². The molecule has 4 nitrogen and oxygen atoms in total. The van der Waals surface area contributed by atoms with Crippen LogP contribution in [0.5, 0.6) is 0 Å². The molecule has 0 spiro atoms. The summed E-state index contributed by atoms with van der Waals surface area (Å²) in [7, 11) is 0. The van der Waals surface area contributed by atoms with Gasteiger partial charge >= 0.3 is 0 Å². The standard InChI is InChI=1S/C31H18N4/c1-2-4-19-17(3-1)13-23-20(19)6-5-18-14-24-22(29(18)23)7-8-27-30(24)35-28-10-12-33-15-25(28)21-9-11-32-16-26(21)31(35)34-27/h1-12,15-16H,13-14H2. The zero-order valence-corrected chi connectivity index (χ0v) is 18.8. The minimum atomic E-state index is 0.928. The van der Waals surface area contributed by atoms with Gasteiger partial charge in [-0.1, -0.05) is 42.5 Å². The van der Waals surface area contributed by atoms with E-state index in [1.165, 1.54) is 50.0 Å². The maximum absolute atomic E-state index is 5.14. The smallest absolute Gasteiger partial charge is 0.147 e. The Morgan fingerprint density at radius 1 is 0.629 bits per heavy atom. The molecule has 0 N–H and O–H groups in total. The van der Waals surface area contributed by atoms with Gasteiger partial charge in [-0.3, -0.25) is 14.4 Å². The van der Waals surface area contributed by atoms with E-state index in [1.807, 2.05) is 24.8 Å². The largest absolute Gasteiger partial charge is 0.291 e. The van der Waals surface area contributed by atoms with Crippen LogP contribution in [0.2, 0.25) is 0 Å². The zero-order valence-electron chi connectivity index (χ0n) is 18.8. The van der Waals surface area contributed by atoms with Crippen LogP contribution in [0.15, 0.2) is 85.5 Å². The monoisotopic (exact) mass is 446 g/mol. The van der Waals surface area contributed by atoms with Crippen LogP contribution in [0.3, 0.4) is 0 Å². The molecule has 162 valence electrons. The molecule has 4 aromatic heterocycles. The fraction of sp³-hybridized carbons (Fsp3) is 0.0645. The Morgan fingerprint density at radius 3 is 2.43 bits per heavy atom. The number of rotatable bonds is 0. The van der Waals surface area contributed by atoms with Crippen molar-refractivity contribution >= 4 is 38.4 Å². The van der Waals surface area contributed by atoms with E-state index in [0.29, 0.717) is 0 Å². The van der Waals surface area contributed by atoms with Gasteiger partial charge in [-0.05, 0) is 74.5 Å². The van der Waals surface area contributed by atoms with Gasteiger partial charge in [0.25, 0.3) is 0 Å². The van der Waals surface area contributed by atoms with Gasteiger partial charge in [-0.25, -0.2) is 4.98 Å². The van der Waals surface area contributed by atoms with Crippen molar-refractivity contribution in [2.45, 2.75) is 12.8 Å². The molecule has 0 radical (unpaired) electrons. The third kappa shape index (κ3) is 2.11. The van der Waals surface area contributed by atoms with Gasteiger partial charge in [-0.15, -0.1) is 0 Å². The summed E-state index contributed by atoms with van der Waals surface area (Å²) in [6.07, 6.45) is 9.55. The van der Waals surface area contributed by atoms with E-state index < -0.39 is 0 Å². The second kappa shape index (κ2) is 6.10. The Bertz CT molecular complexity index is 2070. The van der Waals surface area contributed by atoms with Crippen molar-refractivity contribution in [1.29, 1.82) is 0 Å². The molecule has 35 heavy (non-hydrogen) atoms. The fourth-order valence-corrected chi connectivity index (χ4v) is 6.59. The maximum atomic E-state index is 5.14. The number of hydrogen-bond acceptors (Lipinski definition) is 3. The summed E-state index contributed by atoms with van der Waals surface area (Å²) in [6.45, 7) is 0. The average Bonchev–Trinajstić information content (AvgIpc) is 3.59. The average molecular weight is 447 g/mol. The molecular weight excluding hydrogens is 428 g/mol. The molecule has 2 aliphatic rings. The van der Waals surface area contributed by atoms with Gasteiger partial charge in [0.1, 0.15) is 5.65 Å². The summed E-state index contributed by atoms with van der Waals surface area (Å²) < 4.78 is 2.34. The lowest BCUT2D eigenvalue weighted by Gasteiger charge is -2.10. The molecule has 4 heterocycles. The molecule has 0 amide bonds. The van der Waals surface area contributed by atoms with Gasteiger partial charge in [-0.2, -0.15) is 0 Å². The van der Waals surface area contributed by atoms with Crippen LogP contribution in [0.25, 0.3) is 60.6 Å². The van der Waals surface area contributed by atoms with E-state index >= 15 is 0 Å². The SMILES string of the molecule is c1ccc2c(c1)Cc1c-2ccc2c1-c1ccc3nc4c5cnccc5c5cnccc5n4c3c1C2. The third-order valence-electron chi connectivity index (χ3n) is 8.02. The zero-order chi connectivity index (χ0) is 22.7. The van der Waals surface area contributed by atoms with Crippen LogP contribution in [0, 0.1) is 0 Å². The summed E-state index contributed by atoms with van der Waals surface area (Å²) in [6, 6.07) is 22.2. The number of aromatic nitrogens is 4. The molecule has 4 heteroatoms. The van der Waals surface area contributed by atoms with E-state index in [-0.39, 0.29) is 0 Å². The number of fused-ring (bicyclic) bond motifs is 16. The highest BCUT2D eigenvalue weighted by atomic mass is 15.0. The van der Waals surface area contributed by atoms with Gasteiger partial charge < -0.3 is 0 Å². The lowest BCUT2D eigenvalue weighted by atomic mass is 9.95. The van der Waals surface area contributed by atoms with E-state index in [1.54, 1.807) is 0 Å². The summed E-state index contributed by atoms with van der Waals surface area (Å²) in [5.41, 5.74) is 15.6. The number of imidazole rings is 1. The summed E-state index contributed by atoms with van der Waals surface area (Å²) in [4.78, 5) is 14.0. The molecule has 0 aliphatic heterocycles. The van der Waals surface area contributed by atoms with Crippen molar-refractivity contribution in [2.24, 2.45) is 0 Å². The second-order valence-corrected chi connectivity index (χ2v) is 9.68. The van der Waals surface area contributed by atoms with Crippen molar-refractivity contribution in [3.05, 3.63) is 108 Å². The molecule has 0 bridgehead atoms. The van der Waals surface area contributed by atoms with Crippen molar-refractivity contribution in [3.8, 4) is 22.3 Å². The van der Waals surface area contributed by atoms with E-state index in [2.05, 4.69) is 75.0 Å². The van der Waals surface area contributed by atoms with Crippen molar-refractivity contribution in [2.75, 3.05) is 0 Å². The van der Waals surface area contributed by atoms with Crippen LogP contribution >= 0.6 is 0 Å². The molecule has 3 aromatic carbocycles. The molecule has 7 aromatic rings. The highest BCUT2D eigenvalue weighted by Gasteiger charge is 2.30. The van der Waals surface area contributed by atoms with Crippen molar-refractivity contribution in [3.63, 3.8) is 0 Å². The molecule has 0 fully saturated rings. The maximum Gasteiger partial charge on any atom is 0.147 e. The predicted molar refractivity (Wildman–Crippen MR) is 140 cm³/mol. The summed E-state index contributed by atoms with van der Waals surface area (Å²) in [5, 5.41) is 3.33. The van der Waals surface area contributed by atoms with Crippen LogP contribution < -0.4 is 0 Å². The van der Waals surface area contributed by atoms with E-state index in [0.717, 1.165) is 45.7 Å². The second-order valence-electron chi connectivity index (χ2n) is 9.68. The van der Waals surface area contributed by atoms with Crippen LogP contribution in [-0.4, -0.2) is 19.4 Å². The number of hydrogen-bond donors (Lipinski definition) is 0. The summed E-state index contributed by atoms with van der Waals surface area (Å²) in [5.74, 6) is 0. The molecule has 0 unspecified atom stereocenters. The fourth-order valence-electron chi connectivity index (χ4n) is 6.59. The first-order valence-corrected chi connectivity index (χ1v) is 12.0. The molecule has 0 atom stereocenters. The lowest BCUT2D eigenvalue weighted by Crippen LogP contribution is -1.94. The molecular formula is C31H18N4. The van der Waals surface area contributed by atoms with Gasteiger partial charge in [0, 0.05) is 42.0 Å². The Labute approximate surface area is 200 Å². The summed E-state index contributed by atoms with van der Waals surface area (Å²) >= 11 is 0. The predicted octanol–water partition coefficient (Wildman–Crippen LogP) is 6.73. The number of pyridine rings is 3. The number of benzene rings is 3. The van der Waals surface area contributed by atoms with E-state index in [4.69, 9.17) is 4.98 Å². The first-order valence-electron chi connectivity index (χ1n) is 12.0. The minimum Gasteiger partial charge on any atom is -0.291 e. The van der Waals surface area contributed by atoms with Crippen LogP contribution in [-0.2, 0) is 12.8 Å². The first kappa shape index (κ1) is 17.8. The minimum absolute atomic E-state index is 0.928. The Morgan fingerprint density at radius 2 is 1.46 bits per heavy atom. The van der Waals surface area contributed by atoms with Crippen molar-refractivity contribution < 1.29 is 0 Å². The Hall–Kier alpha value is -4.57. The molecule has 0 saturated heterocycles. The third-order valence-corrected chi connectivity index (χ3v) is 8.02. The van der Waals surface area contributed by atoms with Gasteiger partial charge in [0.15, 0.2) is 0 Å². The van der Waals surface area contributed by atoms with Crippen LogP contribution in [0.4, 0.5) is 0 Å². The first-order chi connectivity index (χ1) is 17.4. The van der Waals surface area contributed by atoms with Gasteiger partial charge in [0.2, 0.25) is 0 Å². The highest BCUT2D eigenvalue weighted by molar-refractivity contribution is 6.14. The molecule has 0 saturated carbocycles. The Kier molecular flexibility index (Phi) is 3.11. The quantitative estimate of drug-likeness (QED) is 0.243. The van der Waals surface area contributed by atoms with Crippen LogP contribution in [0.1, 0.15) is 22.3 Å². The highest BCUT2D eigenvalue weighted by Crippen LogP contribution is 2.49. The van der Waals surface area contributed by atoms with Gasteiger partial charge in [0.05, 0.1) is 16.6 Å². The number of nitrogens with zero attached hydrogens (tertiary/aromatic N) is 4. The van der Waals surface area contributed by atoms with Crippen molar-refractivity contribution in [1.82, 2.24) is 19.4 Å². The molecule has 2 aliphatic carbocycles. The molecule has 9 rings (SSSR count). The normalized spacial score (nSPS) is 13.5. The topological polar surface area (TPSA) is 43.1 Å².